The SMILES string of the molecule is CN1C(C23CC4CC(CC(C4)C2)C3)S1(=O)=O. The molecule has 5 aliphatic rings. The Morgan fingerprint density at radius 2 is 1.38 bits per heavy atom. The van der Waals surface area contributed by atoms with Crippen LogP contribution in [0.2, 0.25) is 0 Å². The first-order valence-electron chi connectivity index (χ1n) is 6.48. The van der Waals surface area contributed by atoms with Crippen molar-refractivity contribution in [2.45, 2.75) is 43.9 Å². The Bertz CT molecular complexity index is 407. The minimum atomic E-state index is -2.87. The van der Waals surface area contributed by atoms with E-state index in [2.05, 4.69) is 0 Å². The molecule has 5 rings (SSSR count). The smallest absolute Gasteiger partial charge is 0.210 e. The maximum atomic E-state index is 11.8. The fraction of sp³-hybridized carbons (Fsp3) is 1.00. The fourth-order valence-electron chi connectivity index (χ4n) is 5.48. The minimum absolute atomic E-state index is 0.117. The van der Waals surface area contributed by atoms with Gasteiger partial charge >= 0.3 is 0 Å². The quantitative estimate of drug-likeness (QED) is 0.656. The lowest BCUT2D eigenvalue weighted by atomic mass is 9.49. The second kappa shape index (κ2) is 2.66. The molecule has 4 saturated carbocycles. The van der Waals surface area contributed by atoms with Gasteiger partial charge in [0.25, 0.3) is 0 Å². The number of hydrogen-bond donors (Lipinski definition) is 0. The topological polar surface area (TPSA) is 37.1 Å². The van der Waals surface area contributed by atoms with Crippen LogP contribution in [-0.4, -0.2) is 25.1 Å². The van der Waals surface area contributed by atoms with E-state index in [9.17, 15) is 8.42 Å². The highest BCUT2D eigenvalue weighted by molar-refractivity contribution is 7.96. The lowest BCUT2D eigenvalue weighted by Gasteiger charge is -2.56. The van der Waals surface area contributed by atoms with E-state index >= 15 is 0 Å². The summed E-state index contributed by atoms with van der Waals surface area (Å²) in [7, 11) is -1.10. The molecule has 0 N–H and O–H groups in total. The molecule has 0 aromatic carbocycles. The maximum absolute atomic E-state index is 11.8. The molecule has 0 amide bonds. The second-order valence-electron chi connectivity index (χ2n) is 6.69. The average molecular weight is 241 g/mol. The van der Waals surface area contributed by atoms with E-state index in [-0.39, 0.29) is 10.8 Å². The van der Waals surface area contributed by atoms with Crippen LogP contribution in [0.4, 0.5) is 0 Å². The summed E-state index contributed by atoms with van der Waals surface area (Å²) in [5, 5.41) is -0.117. The Morgan fingerprint density at radius 3 is 1.69 bits per heavy atom. The van der Waals surface area contributed by atoms with E-state index in [1.807, 2.05) is 0 Å². The fourth-order valence-corrected chi connectivity index (χ4v) is 7.42. The summed E-state index contributed by atoms with van der Waals surface area (Å²) in [4.78, 5) is 0. The molecule has 0 aromatic rings. The Morgan fingerprint density at radius 1 is 1.00 bits per heavy atom. The van der Waals surface area contributed by atoms with E-state index in [0.29, 0.717) is 0 Å². The molecule has 3 nitrogen and oxygen atoms in total. The number of rotatable bonds is 1. The van der Waals surface area contributed by atoms with Gasteiger partial charge in [-0.25, -0.2) is 8.42 Å². The van der Waals surface area contributed by atoms with Crippen LogP contribution in [0.3, 0.4) is 0 Å². The van der Waals surface area contributed by atoms with Crippen molar-refractivity contribution >= 4 is 10.0 Å². The Kier molecular flexibility index (Phi) is 1.65. The van der Waals surface area contributed by atoms with Gasteiger partial charge in [0.2, 0.25) is 10.0 Å². The zero-order valence-corrected chi connectivity index (χ0v) is 10.5. The molecule has 0 radical (unpaired) electrons. The molecule has 1 heterocycles. The van der Waals surface area contributed by atoms with Gasteiger partial charge in [0.15, 0.2) is 0 Å². The van der Waals surface area contributed by atoms with Crippen molar-refractivity contribution < 1.29 is 8.42 Å². The van der Waals surface area contributed by atoms with Crippen molar-refractivity contribution in [1.29, 1.82) is 0 Å². The van der Waals surface area contributed by atoms with Crippen LogP contribution in [0.15, 0.2) is 0 Å². The van der Waals surface area contributed by atoms with E-state index in [1.54, 1.807) is 11.4 Å². The van der Waals surface area contributed by atoms with Crippen LogP contribution in [0.1, 0.15) is 38.5 Å². The first-order chi connectivity index (χ1) is 7.51. The number of sulfonamides is 1. The van der Waals surface area contributed by atoms with Crippen molar-refractivity contribution in [3.63, 3.8) is 0 Å². The lowest BCUT2D eigenvalue weighted by Crippen LogP contribution is -2.49. The van der Waals surface area contributed by atoms with Crippen molar-refractivity contribution in [2.75, 3.05) is 7.05 Å². The molecule has 4 bridgehead atoms. The van der Waals surface area contributed by atoms with Gasteiger partial charge in [0, 0.05) is 12.5 Å². The van der Waals surface area contributed by atoms with Gasteiger partial charge in [-0.1, -0.05) is 0 Å². The van der Waals surface area contributed by atoms with Crippen LogP contribution in [0.25, 0.3) is 0 Å². The summed E-state index contributed by atoms with van der Waals surface area (Å²) < 4.78 is 25.3. The predicted octanol–water partition coefficient (Wildman–Crippen LogP) is 1.80. The highest BCUT2D eigenvalue weighted by Crippen LogP contribution is 2.65. The van der Waals surface area contributed by atoms with E-state index in [1.165, 1.54) is 38.5 Å². The summed E-state index contributed by atoms with van der Waals surface area (Å²) in [6.07, 6.45) is 7.72. The van der Waals surface area contributed by atoms with Crippen LogP contribution >= 0.6 is 0 Å². The molecule has 1 aliphatic heterocycles. The normalized spacial score (nSPS) is 61.2. The molecule has 4 aliphatic carbocycles. The third-order valence-electron chi connectivity index (χ3n) is 5.58. The summed E-state index contributed by atoms with van der Waals surface area (Å²) in [6, 6.07) is 0. The molecule has 1 saturated heterocycles. The Hall–Kier alpha value is -0.0900. The number of hydrogen-bond acceptors (Lipinski definition) is 2. The highest BCUT2D eigenvalue weighted by atomic mass is 32.2. The van der Waals surface area contributed by atoms with Crippen molar-refractivity contribution in [2.24, 2.45) is 23.2 Å². The van der Waals surface area contributed by atoms with E-state index in [4.69, 9.17) is 0 Å². The first-order valence-corrected chi connectivity index (χ1v) is 7.98. The second-order valence-corrected chi connectivity index (χ2v) is 8.75. The zero-order valence-electron chi connectivity index (χ0n) is 9.72. The van der Waals surface area contributed by atoms with Crippen LogP contribution in [0.5, 0.6) is 0 Å². The van der Waals surface area contributed by atoms with Gasteiger partial charge in [-0.15, -0.1) is 0 Å². The standard InChI is InChI=1S/C12H19NO2S/c1-13-11(16(13,14)15)12-5-8-2-9(6-12)4-10(3-8)7-12/h8-11H,2-7H2,1H3. The summed E-state index contributed by atoms with van der Waals surface area (Å²) in [5.74, 6) is 2.53. The molecule has 5 fully saturated rings. The molecule has 0 spiro atoms. The van der Waals surface area contributed by atoms with E-state index < -0.39 is 10.0 Å². The molecule has 4 heteroatoms. The van der Waals surface area contributed by atoms with Gasteiger partial charge < -0.3 is 0 Å². The predicted molar refractivity (Wildman–Crippen MR) is 61.1 cm³/mol. The molecule has 90 valence electrons. The molecule has 16 heavy (non-hydrogen) atoms. The Labute approximate surface area is 97.3 Å². The van der Waals surface area contributed by atoms with Crippen molar-refractivity contribution in [3.05, 3.63) is 0 Å². The number of nitrogens with zero attached hydrogens (tertiary/aromatic N) is 1. The van der Waals surface area contributed by atoms with Gasteiger partial charge in [-0.2, -0.15) is 4.31 Å². The maximum Gasteiger partial charge on any atom is 0.232 e. The van der Waals surface area contributed by atoms with E-state index in [0.717, 1.165) is 17.8 Å². The van der Waals surface area contributed by atoms with Crippen molar-refractivity contribution in [1.82, 2.24) is 4.31 Å². The van der Waals surface area contributed by atoms with Gasteiger partial charge in [0.05, 0.1) is 0 Å². The molecule has 2 atom stereocenters. The minimum Gasteiger partial charge on any atom is -0.210 e. The largest absolute Gasteiger partial charge is 0.232 e. The molecular weight excluding hydrogens is 222 g/mol. The van der Waals surface area contributed by atoms with Crippen LogP contribution < -0.4 is 0 Å². The van der Waals surface area contributed by atoms with Gasteiger partial charge in [-0.05, 0) is 56.3 Å². The summed E-state index contributed by atoms with van der Waals surface area (Å²) in [5.41, 5.74) is 0.155. The average Bonchev–Trinajstić information content (AvgIpc) is 2.63. The monoisotopic (exact) mass is 241 g/mol. The third kappa shape index (κ3) is 1.05. The van der Waals surface area contributed by atoms with Gasteiger partial charge in [-0.3, -0.25) is 0 Å². The molecule has 2 unspecified atom stereocenters. The third-order valence-corrected chi connectivity index (χ3v) is 7.76. The zero-order chi connectivity index (χ0) is 11.1. The highest BCUT2D eigenvalue weighted by Gasteiger charge is 2.67. The molecule has 0 aromatic heterocycles. The molecular formula is C12H19NO2S. The summed E-state index contributed by atoms with van der Waals surface area (Å²) >= 11 is 0. The lowest BCUT2D eigenvalue weighted by molar-refractivity contribution is -0.0567. The van der Waals surface area contributed by atoms with Crippen LogP contribution in [0, 0.1) is 23.2 Å². The van der Waals surface area contributed by atoms with Gasteiger partial charge in [0.1, 0.15) is 5.37 Å². The summed E-state index contributed by atoms with van der Waals surface area (Å²) in [6.45, 7) is 0. The van der Waals surface area contributed by atoms with Crippen molar-refractivity contribution in [3.8, 4) is 0 Å². The Balaban J connectivity index is 1.73. The first kappa shape index (κ1) is 9.89. The van der Waals surface area contributed by atoms with Crippen LogP contribution in [-0.2, 0) is 10.0 Å².